The van der Waals surface area contributed by atoms with E-state index in [0.29, 0.717) is 12.4 Å². The van der Waals surface area contributed by atoms with Gasteiger partial charge in [-0.3, -0.25) is 0 Å². The molecule has 0 amide bonds. The maximum atomic E-state index is 9.52. The first-order valence-electron chi connectivity index (χ1n) is 4.24. The van der Waals surface area contributed by atoms with Crippen LogP contribution >= 0.6 is 0 Å². The summed E-state index contributed by atoms with van der Waals surface area (Å²) in [5.41, 5.74) is 0.973. The zero-order chi connectivity index (χ0) is 9.26. The minimum absolute atomic E-state index is 0.189. The van der Waals surface area contributed by atoms with E-state index in [-0.39, 0.29) is 5.75 Å². The number of rotatable bonds is 2. The van der Waals surface area contributed by atoms with Gasteiger partial charge in [-0.1, -0.05) is 0 Å². The Bertz CT molecular complexity index is 420. The summed E-state index contributed by atoms with van der Waals surface area (Å²) in [7, 11) is 0. The third-order valence-corrected chi connectivity index (χ3v) is 1.93. The summed E-state index contributed by atoms with van der Waals surface area (Å²) in [4.78, 5) is 3.05. The van der Waals surface area contributed by atoms with Crippen LogP contribution in [0.1, 0.15) is 6.92 Å². The first-order chi connectivity index (χ1) is 6.31. The minimum Gasteiger partial charge on any atom is -0.504 e. The van der Waals surface area contributed by atoms with E-state index >= 15 is 0 Å². The van der Waals surface area contributed by atoms with Gasteiger partial charge in [0, 0.05) is 23.2 Å². The Labute approximate surface area is 76.0 Å². The van der Waals surface area contributed by atoms with Crippen molar-refractivity contribution < 1.29 is 9.84 Å². The van der Waals surface area contributed by atoms with E-state index < -0.39 is 0 Å². The molecular weight excluding hydrogens is 166 g/mol. The molecule has 3 nitrogen and oxygen atoms in total. The molecule has 0 aliphatic heterocycles. The predicted molar refractivity (Wildman–Crippen MR) is 51.1 cm³/mol. The van der Waals surface area contributed by atoms with E-state index in [1.54, 1.807) is 12.1 Å². The maximum absolute atomic E-state index is 9.52. The highest BCUT2D eigenvalue weighted by molar-refractivity contribution is 5.83. The molecule has 2 rings (SSSR count). The first kappa shape index (κ1) is 7.98. The number of nitrogens with one attached hydrogen (secondary N) is 1. The van der Waals surface area contributed by atoms with Crippen LogP contribution in [-0.4, -0.2) is 16.7 Å². The number of H-pyrrole nitrogens is 1. The smallest absolute Gasteiger partial charge is 0.163 e. The van der Waals surface area contributed by atoms with Crippen LogP contribution in [0.4, 0.5) is 0 Å². The number of fused-ring (bicyclic) bond motifs is 1. The average Bonchev–Trinajstić information content (AvgIpc) is 2.52. The molecule has 0 saturated heterocycles. The van der Waals surface area contributed by atoms with Crippen molar-refractivity contribution >= 4 is 10.9 Å². The van der Waals surface area contributed by atoms with Crippen LogP contribution in [0.2, 0.25) is 0 Å². The average molecular weight is 177 g/mol. The SMILES string of the molecule is CCOc1cc2[nH]ccc2cc1O. The summed E-state index contributed by atoms with van der Waals surface area (Å²) < 4.78 is 5.24. The lowest BCUT2D eigenvalue weighted by atomic mass is 10.2. The predicted octanol–water partition coefficient (Wildman–Crippen LogP) is 2.27. The molecule has 0 spiro atoms. The largest absolute Gasteiger partial charge is 0.504 e. The standard InChI is InChI=1S/C10H11NO2/c1-2-13-10-6-8-7(3-4-11-8)5-9(10)12/h3-6,11-12H,2H2,1H3. The Kier molecular flexibility index (Phi) is 1.85. The second kappa shape index (κ2) is 3.01. The van der Waals surface area contributed by atoms with Gasteiger partial charge in [0.25, 0.3) is 0 Å². The first-order valence-corrected chi connectivity index (χ1v) is 4.24. The van der Waals surface area contributed by atoms with Gasteiger partial charge in [0.15, 0.2) is 11.5 Å². The topological polar surface area (TPSA) is 45.2 Å². The summed E-state index contributed by atoms with van der Waals surface area (Å²) >= 11 is 0. The fourth-order valence-corrected chi connectivity index (χ4v) is 1.34. The number of ether oxygens (including phenoxy) is 1. The fraction of sp³-hybridized carbons (Fsp3) is 0.200. The highest BCUT2D eigenvalue weighted by atomic mass is 16.5. The van der Waals surface area contributed by atoms with Gasteiger partial charge in [0.2, 0.25) is 0 Å². The van der Waals surface area contributed by atoms with Crippen LogP contribution in [-0.2, 0) is 0 Å². The maximum Gasteiger partial charge on any atom is 0.163 e. The molecule has 0 saturated carbocycles. The van der Waals surface area contributed by atoms with Crippen LogP contribution < -0.4 is 4.74 Å². The van der Waals surface area contributed by atoms with Gasteiger partial charge < -0.3 is 14.8 Å². The normalized spacial score (nSPS) is 10.5. The van der Waals surface area contributed by atoms with Crippen LogP contribution in [0.15, 0.2) is 24.4 Å². The lowest BCUT2D eigenvalue weighted by Gasteiger charge is -2.05. The summed E-state index contributed by atoms with van der Waals surface area (Å²) in [6.07, 6.45) is 1.83. The molecule has 68 valence electrons. The monoisotopic (exact) mass is 177 g/mol. The lowest BCUT2D eigenvalue weighted by Crippen LogP contribution is -1.91. The summed E-state index contributed by atoms with van der Waals surface area (Å²) in [5, 5.41) is 10.5. The zero-order valence-electron chi connectivity index (χ0n) is 7.37. The molecule has 0 atom stereocenters. The number of aromatic nitrogens is 1. The number of aromatic hydroxyl groups is 1. The highest BCUT2D eigenvalue weighted by Crippen LogP contribution is 2.30. The van der Waals surface area contributed by atoms with Gasteiger partial charge in [-0.05, 0) is 19.1 Å². The van der Waals surface area contributed by atoms with Crippen molar-refractivity contribution in [2.24, 2.45) is 0 Å². The number of phenolic OH excluding ortho intramolecular Hbond substituents is 1. The van der Waals surface area contributed by atoms with Crippen LogP contribution in [0.3, 0.4) is 0 Å². The van der Waals surface area contributed by atoms with Crippen molar-refractivity contribution in [1.82, 2.24) is 4.98 Å². The molecule has 1 aromatic carbocycles. The molecule has 0 bridgehead atoms. The second-order valence-corrected chi connectivity index (χ2v) is 2.82. The molecule has 13 heavy (non-hydrogen) atoms. The Morgan fingerprint density at radius 1 is 1.46 bits per heavy atom. The van der Waals surface area contributed by atoms with Gasteiger partial charge in [0.1, 0.15) is 0 Å². The Hall–Kier alpha value is -1.64. The highest BCUT2D eigenvalue weighted by Gasteiger charge is 2.04. The van der Waals surface area contributed by atoms with Crippen molar-refractivity contribution in [3.8, 4) is 11.5 Å². The van der Waals surface area contributed by atoms with Crippen molar-refractivity contribution in [2.75, 3.05) is 6.61 Å². The fourth-order valence-electron chi connectivity index (χ4n) is 1.34. The Balaban J connectivity index is 2.56. The molecule has 3 heteroatoms. The van der Waals surface area contributed by atoms with E-state index in [9.17, 15) is 5.11 Å². The minimum atomic E-state index is 0.189. The van der Waals surface area contributed by atoms with Gasteiger partial charge in [-0.15, -0.1) is 0 Å². The third-order valence-electron chi connectivity index (χ3n) is 1.93. The van der Waals surface area contributed by atoms with Crippen molar-refractivity contribution in [3.63, 3.8) is 0 Å². The number of hydrogen-bond acceptors (Lipinski definition) is 2. The van der Waals surface area contributed by atoms with Crippen LogP contribution in [0.25, 0.3) is 10.9 Å². The molecule has 0 unspecified atom stereocenters. The molecule has 1 heterocycles. The molecule has 2 N–H and O–H groups in total. The Morgan fingerprint density at radius 2 is 2.31 bits per heavy atom. The molecule has 1 aromatic heterocycles. The number of hydrogen-bond donors (Lipinski definition) is 2. The molecule has 0 aliphatic carbocycles. The molecule has 0 fully saturated rings. The van der Waals surface area contributed by atoms with Crippen molar-refractivity contribution in [3.05, 3.63) is 24.4 Å². The Morgan fingerprint density at radius 3 is 3.08 bits per heavy atom. The third kappa shape index (κ3) is 1.33. The van der Waals surface area contributed by atoms with Gasteiger partial charge in [-0.2, -0.15) is 0 Å². The molecule has 0 radical (unpaired) electrons. The van der Waals surface area contributed by atoms with E-state index in [1.165, 1.54) is 0 Å². The van der Waals surface area contributed by atoms with Crippen molar-refractivity contribution in [1.29, 1.82) is 0 Å². The van der Waals surface area contributed by atoms with Gasteiger partial charge in [0.05, 0.1) is 6.61 Å². The molecular formula is C10H11NO2. The van der Waals surface area contributed by atoms with Crippen molar-refractivity contribution in [2.45, 2.75) is 6.92 Å². The lowest BCUT2D eigenvalue weighted by molar-refractivity contribution is 0.319. The summed E-state index contributed by atoms with van der Waals surface area (Å²) in [6.45, 7) is 2.44. The number of phenols is 1. The molecule has 0 aliphatic rings. The van der Waals surface area contributed by atoms with Crippen LogP contribution in [0, 0.1) is 0 Å². The number of aromatic amines is 1. The summed E-state index contributed by atoms with van der Waals surface area (Å²) in [6, 6.07) is 5.40. The van der Waals surface area contributed by atoms with Crippen LogP contribution in [0.5, 0.6) is 11.5 Å². The zero-order valence-corrected chi connectivity index (χ0v) is 7.37. The van der Waals surface area contributed by atoms with E-state index in [1.807, 2.05) is 19.2 Å². The second-order valence-electron chi connectivity index (χ2n) is 2.82. The van der Waals surface area contributed by atoms with E-state index in [4.69, 9.17) is 4.74 Å². The number of benzene rings is 1. The van der Waals surface area contributed by atoms with Gasteiger partial charge in [-0.25, -0.2) is 0 Å². The van der Waals surface area contributed by atoms with E-state index in [0.717, 1.165) is 10.9 Å². The van der Waals surface area contributed by atoms with E-state index in [2.05, 4.69) is 4.98 Å². The van der Waals surface area contributed by atoms with Gasteiger partial charge >= 0.3 is 0 Å². The quantitative estimate of drug-likeness (QED) is 0.739. The molecule has 2 aromatic rings. The summed E-state index contributed by atoms with van der Waals surface area (Å²) in [5.74, 6) is 0.714.